The van der Waals surface area contributed by atoms with Gasteiger partial charge in [-0.3, -0.25) is 0 Å². The molecule has 0 spiro atoms. The number of aromatic nitrogens is 1. The van der Waals surface area contributed by atoms with Crippen molar-refractivity contribution in [3.05, 3.63) is 90.1 Å². The van der Waals surface area contributed by atoms with Gasteiger partial charge in [0, 0.05) is 22.7 Å². The molecule has 7 nitrogen and oxygen atoms in total. The van der Waals surface area contributed by atoms with E-state index in [0.717, 1.165) is 16.8 Å². The lowest BCUT2D eigenvalue weighted by Crippen LogP contribution is -2.12. The quantitative estimate of drug-likeness (QED) is 0.269. The van der Waals surface area contributed by atoms with Crippen LogP contribution in [0.1, 0.15) is 22.8 Å². The Kier molecular flexibility index (Phi) is 6.59. The standard InChI is InChI=1S/C26H24N2O5/c1-3-32-27-24(18-8-7-11-21(14-18)33-19-9-5-4-6-10-19)17-28-16-23(26(29)30)22-15-20(31-2)12-13-25(22)28/h4-16H,3,17H2,1-2H3,(H,29,30). The lowest BCUT2D eigenvalue weighted by Gasteiger charge is -2.12. The van der Waals surface area contributed by atoms with Crippen LogP contribution in [0.2, 0.25) is 0 Å². The molecule has 0 aliphatic rings. The van der Waals surface area contributed by atoms with Gasteiger partial charge in [-0.05, 0) is 49.4 Å². The Hall–Kier alpha value is -4.26. The Morgan fingerprint density at radius 1 is 0.970 bits per heavy atom. The smallest absolute Gasteiger partial charge is 0.337 e. The van der Waals surface area contributed by atoms with Crippen LogP contribution in [0.3, 0.4) is 0 Å². The van der Waals surface area contributed by atoms with E-state index in [0.29, 0.717) is 35.7 Å². The molecule has 0 bridgehead atoms. The van der Waals surface area contributed by atoms with Gasteiger partial charge in [-0.2, -0.15) is 0 Å². The molecule has 7 heteroatoms. The SMILES string of the molecule is CCON=C(Cn1cc(C(=O)O)c2cc(OC)ccc21)c1cccc(Oc2ccccc2)c1. The van der Waals surface area contributed by atoms with E-state index in [1.54, 1.807) is 25.4 Å². The third-order valence-electron chi connectivity index (χ3n) is 5.09. The predicted molar refractivity (Wildman–Crippen MR) is 127 cm³/mol. The summed E-state index contributed by atoms with van der Waals surface area (Å²) in [5.41, 5.74) is 2.40. The molecule has 0 aliphatic carbocycles. The summed E-state index contributed by atoms with van der Waals surface area (Å²) in [5, 5.41) is 14.6. The van der Waals surface area contributed by atoms with Crippen LogP contribution in [-0.2, 0) is 11.4 Å². The summed E-state index contributed by atoms with van der Waals surface area (Å²) < 4.78 is 13.1. The monoisotopic (exact) mass is 444 g/mol. The number of oxime groups is 1. The van der Waals surface area contributed by atoms with Crippen LogP contribution in [-0.4, -0.2) is 35.1 Å². The second kappa shape index (κ2) is 9.91. The molecule has 33 heavy (non-hydrogen) atoms. The Morgan fingerprint density at radius 3 is 2.48 bits per heavy atom. The van der Waals surface area contributed by atoms with Crippen LogP contribution < -0.4 is 9.47 Å². The molecular formula is C26H24N2O5. The topological polar surface area (TPSA) is 82.3 Å². The fourth-order valence-corrected chi connectivity index (χ4v) is 3.54. The number of hydrogen-bond acceptors (Lipinski definition) is 5. The Morgan fingerprint density at radius 2 is 1.76 bits per heavy atom. The molecule has 0 radical (unpaired) electrons. The van der Waals surface area contributed by atoms with Gasteiger partial charge in [0.15, 0.2) is 0 Å². The van der Waals surface area contributed by atoms with E-state index in [-0.39, 0.29) is 5.56 Å². The highest BCUT2D eigenvalue weighted by atomic mass is 16.6. The van der Waals surface area contributed by atoms with E-state index in [2.05, 4.69) is 5.16 Å². The van der Waals surface area contributed by atoms with Gasteiger partial charge >= 0.3 is 5.97 Å². The molecule has 0 atom stereocenters. The van der Waals surface area contributed by atoms with Crippen molar-refractivity contribution in [3.63, 3.8) is 0 Å². The van der Waals surface area contributed by atoms with Crippen LogP contribution in [0.25, 0.3) is 10.9 Å². The van der Waals surface area contributed by atoms with Gasteiger partial charge < -0.3 is 24.0 Å². The number of nitrogens with zero attached hydrogens (tertiary/aromatic N) is 2. The van der Waals surface area contributed by atoms with Crippen molar-refractivity contribution >= 4 is 22.6 Å². The van der Waals surface area contributed by atoms with Gasteiger partial charge in [0.1, 0.15) is 29.6 Å². The first-order valence-corrected chi connectivity index (χ1v) is 10.5. The van der Waals surface area contributed by atoms with Crippen molar-refractivity contribution in [3.8, 4) is 17.2 Å². The van der Waals surface area contributed by atoms with E-state index in [1.807, 2.05) is 72.2 Å². The zero-order chi connectivity index (χ0) is 23.2. The molecule has 4 rings (SSSR count). The number of rotatable bonds is 9. The molecule has 1 N–H and O–H groups in total. The highest BCUT2D eigenvalue weighted by Gasteiger charge is 2.17. The van der Waals surface area contributed by atoms with Gasteiger partial charge in [0.05, 0.1) is 19.2 Å². The molecule has 3 aromatic carbocycles. The van der Waals surface area contributed by atoms with Gasteiger partial charge in [0.2, 0.25) is 0 Å². The maximum Gasteiger partial charge on any atom is 0.337 e. The van der Waals surface area contributed by atoms with Gasteiger partial charge in [0.25, 0.3) is 0 Å². The van der Waals surface area contributed by atoms with Crippen LogP contribution >= 0.6 is 0 Å². The molecular weight excluding hydrogens is 420 g/mol. The van der Waals surface area contributed by atoms with Crippen LogP contribution in [0.4, 0.5) is 0 Å². The summed E-state index contributed by atoms with van der Waals surface area (Å²) in [4.78, 5) is 17.2. The Bertz CT molecular complexity index is 1290. The van der Waals surface area contributed by atoms with E-state index >= 15 is 0 Å². The van der Waals surface area contributed by atoms with Crippen molar-refractivity contribution < 1.29 is 24.2 Å². The molecule has 0 unspecified atom stereocenters. The van der Waals surface area contributed by atoms with Gasteiger partial charge in [-0.15, -0.1) is 0 Å². The number of aromatic carboxylic acids is 1. The highest BCUT2D eigenvalue weighted by molar-refractivity contribution is 6.05. The fraction of sp³-hybridized carbons (Fsp3) is 0.154. The number of ether oxygens (including phenoxy) is 2. The molecule has 168 valence electrons. The van der Waals surface area contributed by atoms with E-state index in [1.165, 1.54) is 0 Å². The van der Waals surface area contributed by atoms with Crippen LogP contribution in [0.15, 0.2) is 84.1 Å². The molecule has 0 amide bonds. The minimum atomic E-state index is -1.01. The zero-order valence-electron chi connectivity index (χ0n) is 18.4. The molecule has 0 saturated carbocycles. The first-order chi connectivity index (χ1) is 16.1. The number of carbonyl (C=O) groups is 1. The summed E-state index contributed by atoms with van der Waals surface area (Å²) in [6.45, 7) is 2.58. The minimum Gasteiger partial charge on any atom is -0.497 e. The van der Waals surface area contributed by atoms with Crippen molar-refractivity contribution in [1.82, 2.24) is 4.57 Å². The minimum absolute atomic E-state index is 0.195. The molecule has 0 saturated heterocycles. The normalized spacial score (nSPS) is 11.4. The number of carboxylic acids is 1. The molecule has 1 aromatic heterocycles. The number of fused-ring (bicyclic) bond motifs is 1. The van der Waals surface area contributed by atoms with E-state index in [4.69, 9.17) is 14.3 Å². The summed E-state index contributed by atoms with van der Waals surface area (Å²) >= 11 is 0. The molecule has 0 fully saturated rings. The predicted octanol–water partition coefficient (Wildman–Crippen LogP) is 5.58. The summed E-state index contributed by atoms with van der Waals surface area (Å²) in [5.74, 6) is 0.982. The van der Waals surface area contributed by atoms with Crippen LogP contribution in [0.5, 0.6) is 17.2 Å². The maximum absolute atomic E-state index is 11.8. The summed E-state index contributed by atoms with van der Waals surface area (Å²) in [7, 11) is 1.55. The Labute approximate surface area is 191 Å². The second-order valence-corrected chi connectivity index (χ2v) is 7.26. The first kappa shape index (κ1) is 22.0. The number of benzene rings is 3. The van der Waals surface area contributed by atoms with Crippen molar-refractivity contribution in [1.29, 1.82) is 0 Å². The van der Waals surface area contributed by atoms with Crippen molar-refractivity contribution in [2.24, 2.45) is 5.16 Å². The highest BCUT2D eigenvalue weighted by Crippen LogP contribution is 2.27. The number of carboxylic acid groups (broad SMARTS) is 1. The number of hydrogen-bond donors (Lipinski definition) is 1. The summed E-state index contributed by atoms with van der Waals surface area (Å²) in [6, 6.07) is 22.4. The van der Waals surface area contributed by atoms with Crippen molar-refractivity contribution in [2.45, 2.75) is 13.5 Å². The number of methoxy groups -OCH3 is 1. The average molecular weight is 444 g/mol. The van der Waals surface area contributed by atoms with E-state index in [9.17, 15) is 9.90 Å². The second-order valence-electron chi connectivity index (χ2n) is 7.26. The van der Waals surface area contributed by atoms with E-state index < -0.39 is 5.97 Å². The third-order valence-corrected chi connectivity index (χ3v) is 5.09. The first-order valence-electron chi connectivity index (χ1n) is 10.5. The lowest BCUT2D eigenvalue weighted by atomic mass is 10.1. The molecule has 0 aliphatic heterocycles. The summed E-state index contributed by atoms with van der Waals surface area (Å²) in [6.07, 6.45) is 1.61. The average Bonchev–Trinajstić information content (AvgIpc) is 3.20. The third kappa shape index (κ3) is 4.98. The number of para-hydroxylation sites is 1. The zero-order valence-corrected chi connectivity index (χ0v) is 18.4. The molecule has 4 aromatic rings. The largest absolute Gasteiger partial charge is 0.497 e. The fourth-order valence-electron chi connectivity index (χ4n) is 3.54. The lowest BCUT2D eigenvalue weighted by molar-refractivity contribution is 0.0699. The molecule has 1 heterocycles. The van der Waals surface area contributed by atoms with Gasteiger partial charge in [-0.25, -0.2) is 4.79 Å². The van der Waals surface area contributed by atoms with Crippen molar-refractivity contribution in [2.75, 3.05) is 13.7 Å². The van der Waals surface area contributed by atoms with Gasteiger partial charge in [-0.1, -0.05) is 35.5 Å². The Balaban J connectivity index is 1.71. The van der Waals surface area contributed by atoms with Crippen LogP contribution in [0, 0.1) is 0 Å². The maximum atomic E-state index is 11.8.